The van der Waals surface area contributed by atoms with Crippen LogP contribution in [-0.2, 0) is 4.79 Å². The Balaban J connectivity index is 1.61. The highest BCUT2D eigenvalue weighted by Gasteiger charge is 2.34. The number of amides is 1. The van der Waals surface area contributed by atoms with Crippen molar-refractivity contribution in [2.45, 2.75) is 51.0 Å². The zero-order valence-electron chi connectivity index (χ0n) is 12.6. The molecule has 3 fully saturated rings. The smallest absolute Gasteiger partial charge is 0.226 e. The minimum Gasteiger partial charge on any atom is -0.337 e. The molecule has 0 aromatic heterocycles. The predicted molar refractivity (Wildman–Crippen MR) is 85.1 cm³/mol. The molecule has 2 aliphatic heterocycles. The van der Waals surface area contributed by atoms with E-state index in [9.17, 15) is 4.79 Å². The number of carbonyl (C=O) groups excluding carboxylic acids is 1. The molecule has 0 bridgehead atoms. The van der Waals surface area contributed by atoms with Crippen LogP contribution in [0.25, 0.3) is 0 Å². The van der Waals surface area contributed by atoms with Crippen molar-refractivity contribution in [2.24, 2.45) is 5.92 Å². The second-order valence-corrected chi connectivity index (χ2v) is 7.75. The summed E-state index contributed by atoms with van der Waals surface area (Å²) in [6.07, 6.45) is 8.79. The Morgan fingerprint density at radius 3 is 2.50 bits per heavy atom. The molecular weight excluding hydrogens is 268 g/mol. The van der Waals surface area contributed by atoms with Gasteiger partial charge in [-0.3, -0.25) is 4.79 Å². The SMILES string of the molecule is O=C(C1CCC1)N1CCCSCC1CN1CCCCC1. The van der Waals surface area contributed by atoms with E-state index in [-0.39, 0.29) is 0 Å². The summed E-state index contributed by atoms with van der Waals surface area (Å²) in [4.78, 5) is 17.5. The standard InChI is InChI=1S/C16H28N2OS/c19-16(14-6-4-7-14)18-10-5-11-20-13-15(18)12-17-8-2-1-3-9-17/h14-15H,1-13H2. The van der Waals surface area contributed by atoms with E-state index in [4.69, 9.17) is 0 Å². The minimum absolute atomic E-state index is 0.363. The van der Waals surface area contributed by atoms with E-state index < -0.39 is 0 Å². The predicted octanol–water partition coefficient (Wildman–Crippen LogP) is 2.61. The van der Waals surface area contributed by atoms with E-state index in [1.165, 1.54) is 50.9 Å². The lowest BCUT2D eigenvalue weighted by Gasteiger charge is -2.39. The van der Waals surface area contributed by atoms with Gasteiger partial charge in [0.25, 0.3) is 0 Å². The van der Waals surface area contributed by atoms with Gasteiger partial charge in [0.2, 0.25) is 5.91 Å². The number of likely N-dealkylation sites (tertiary alicyclic amines) is 1. The van der Waals surface area contributed by atoms with Gasteiger partial charge in [0.1, 0.15) is 0 Å². The average molecular weight is 296 g/mol. The summed E-state index contributed by atoms with van der Waals surface area (Å²) in [6, 6.07) is 0.466. The van der Waals surface area contributed by atoms with Crippen molar-refractivity contribution in [3.05, 3.63) is 0 Å². The molecule has 0 N–H and O–H groups in total. The van der Waals surface area contributed by atoms with Gasteiger partial charge in [0.15, 0.2) is 0 Å². The fraction of sp³-hybridized carbons (Fsp3) is 0.938. The van der Waals surface area contributed by atoms with Crippen LogP contribution >= 0.6 is 11.8 Å². The Kier molecular flexibility index (Phi) is 5.27. The van der Waals surface area contributed by atoms with Crippen molar-refractivity contribution in [3.8, 4) is 0 Å². The maximum Gasteiger partial charge on any atom is 0.226 e. The minimum atomic E-state index is 0.363. The molecule has 1 aliphatic carbocycles. The fourth-order valence-corrected chi connectivity index (χ4v) is 4.66. The monoisotopic (exact) mass is 296 g/mol. The van der Waals surface area contributed by atoms with Crippen LogP contribution in [0.3, 0.4) is 0 Å². The number of thioether (sulfide) groups is 1. The van der Waals surface area contributed by atoms with Crippen molar-refractivity contribution in [1.29, 1.82) is 0 Å². The van der Waals surface area contributed by atoms with Crippen LogP contribution in [0.4, 0.5) is 0 Å². The first-order valence-corrected chi connectivity index (χ1v) is 9.60. The highest BCUT2D eigenvalue weighted by atomic mass is 32.2. The van der Waals surface area contributed by atoms with E-state index in [2.05, 4.69) is 21.6 Å². The van der Waals surface area contributed by atoms with Gasteiger partial charge >= 0.3 is 0 Å². The molecular formula is C16H28N2OS. The molecule has 0 aromatic rings. The van der Waals surface area contributed by atoms with Crippen LogP contribution in [0.2, 0.25) is 0 Å². The van der Waals surface area contributed by atoms with Gasteiger partial charge in [0, 0.05) is 24.8 Å². The van der Waals surface area contributed by atoms with Gasteiger partial charge in [-0.25, -0.2) is 0 Å². The second-order valence-electron chi connectivity index (χ2n) is 6.60. The van der Waals surface area contributed by atoms with E-state index in [0.717, 1.165) is 31.7 Å². The molecule has 0 aromatic carbocycles. The zero-order chi connectivity index (χ0) is 13.8. The fourth-order valence-electron chi connectivity index (χ4n) is 3.60. The lowest BCUT2D eigenvalue weighted by atomic mass is 9.84. The van der Waals surface area contributed by atoms with Crippen LogP contribution in [0.15, 0.2) is 0 Å². The zero-order valence-corrected chi connectivity index (χ0v) is 13.4. The Morgan fingerprint density at radius 2 is 1.80 bits per heavy atom. The van der Waals surface area contributed by atoms with E-state index in [1.54, 1.807) is 0 Å². The molecule has 1 unspecified atom stereocenters. The largest absolute Gasteiger partial charge is 0.337 e. The number of hydrogen-bond donors (Lipinski definition) is 0. The number of hydrogen-bond acceptors (Lipinski definition) is 3. The third-order valence-electron chi connectivity index (χ3n) is 5.09. The molecule has 4 heteroatoms. The summed E-state index contributed by atoms with van der Waals surface area (Å²) < 4.78 is 0. The molecule has 20 heavy (non-hydrogen) atoms. The summed E-state index contributed by atoms with van der Waals surface area (Å²) in [6.45, 7) is 4.60. The van der Waals surface area contributed by atoms with Crippen molar-refractivity contribution in [1.82, 2.24) is 9.80 Å². The molecule has 2 saturated heterocycles. The lowest BCUT2D eigenvalue weighted by molar-refractivity contribution is -0.140. The number of nitrogens with zero attached hydrogens (tertiary/aromatic N) is 2. The Labute approximate surface area is 127 Å². The summed E-state index contributed by atoms with van der Waals surface area (Å²) in [5.41, 5.74) is 0. The maximum absolute atomic E-state index is 12.7. The highest BCUT2D eigenvalue weighted by molar-refractivity contribution is 7.99. The molecule has 114 valence electrons. The average Bonchev–Trinajstić information content (AvgIpc) is 2.63. The Morgan fingerprint density at radius 1 is 1.00 bits per heavy atom. The van der Waals surface area contributed by atoms with Gasteiger partial charge in [-0.1, -0.05) is 12.8 Å². The van der Waals surface area contributed by atoms with Gasteiger partial charge in [0.05, 0.1) is 6.04 Å². The van der Waals surface area contributed by atoms with Gasteiger partial charge in [-0.15, -0.1) is 0 Å². The first-order chi connectivity index (χ1) is 9.84. The van der Waals surface area contributed by atoms with Crippen LogP contribution in [-0.4, -0.2) is 59.4 Å². The third kappa shape index (κ3) is 3.51. The van der Waals surface area contributed by atoms with Gasteiger partial charge < -0.3 is 9.80 Å². The van der Waals surface area contributed by atoms with E-state index in [1.807, 2.05) is 0 Å². The summed E-state index contributed by atoms with van der Waals surface area (Å²) >= 11 is 2.05. The molecule has 0 spiro atoms. The summed E-state index contributed by atoms with van der Waals surface area (Å²) in [5, 5.41) is 0. The second kappa shape index (κ2) is 7.17. The summed E-state index contributed by atoms with van der Waals surface area (Å²) in [7, 11) is 0. The van der Waals surface area contributed by atoms with Crippen molar-refractivity contribution < 1.29 is 4.79 Å². The molecule has 3 rings (SSSR count). The van der Waals surface area contributed by atoms with Crippen molar-refractivity contribution in [2.75, 3.05) is 37.7 Å². The highest BCUT2D eigenvalue weighted by Crippen LogP contribution is 2.30. The number of rotatable bonds is 3. The third-order valence-corrected chi connectivity index (χ3v) is 6.29. The van der Waals surface area contributed by atoms with E-state index >= 15 is 0 Å². The van der Waals surface area contributed by atoms with E-state index in [0.29, 0.717) is 17.9 Å². The van der Waals surface area contributed by atoms with Gasteiger partial charge in [-0.2, -0.15) is 11.8 Å². The molecule has 2 heterocycles. The molecule has 1 atom stereocenters. The first-order valence-electron chi connectivity index (χ1n) is 8.45. The molecule has 0 radical (unpaired) electrons. The van der Waals surface area contributed by atoms with Crippen LogP contribution in [0.1, 0.15) is 44.9 Å². The molecule has 1 saturated carbocycles. The van der Waals surface area contributed by atoms with Crippen LogP contribution < -0.4 is 0 Å². The Hall–Kier alpha value is -0.220. The Bertz CT molecular complexity index is 326. The summed E-state index contributed by atoms with van der Waals surface area (Å²) in [5.74, 6) is 3.21. The van der Waals surface area contributed by atoms with Crippen molar-refractivity contribution >= 4 is 17.7 Å². The molecule has 3 nitrogen and oxygen atoms in total. The number of piperidine rings is 1. The quantitative estimate of drug-likeness (QED) is 0.800. The van der Waals surface area contributed by atoms with Crippen molar-refractivity contribution in [3.63, 3.8) is 0 Å². The maximum atomic E-state index is 12.7. The van der Waals surface area contributed by atoms with Gasteiger partial charge in [-0.05, 0) is 50.9 Å². The lowest BCUT2D eigenvalue weighted by Crippen LogP contribution is -2.51. The first kappa shape index (κ1) is 14.7. The topological polar surface area (TPSA) is 23.6 Å². The number of carbonyl (C=O) groups is 1. The molecule has 1 amide bonds. The van der Waals surface area contributed by atoms with Crippen LogP contribution in [0.5, 0.6) is 0 Å². The molecule has 3 aliphatic rings. The van der Waals surface area contributed by atoms with Crippen LogP contribution in [0, 0.1) is 5.92 Å². The normalized spacial score (nSPS) is 29.8.